The third-order valence-corrected chi connectivity index (χ3v) is 4.21. The van der Waals surface area contributed by atoms with Crippen LogP contribution in [0.5, 0.6) is 0 Å². The molecule has 0 spiro atoms. The summed E-state index contributed by atoms with van der Waals surface area (Å²) in [4.78, 5) is 20.8. The number of hydrogen-bond donors (Lipinski definition) is 1. The standard InChI is InChI=1S/C16H11N3O3S/c1-9-6-7-11(22-9)14-13(17-8-21-14)15(20)19-16-18-10-4-2-3-5-12(10)23-16/h2-8H,1H3,(H,18,19,20). The fourth-order valence-corrected chi connectivity index (χ4v) is 3.08. The second kappa shape index (κ2) is 5.36. The van der Waals surface area contributed by atoms with Crippen LogP contribution in [0.4, 0.5) is 5.13 Å². The van der Waals surface area contributed by atoms with Crippen LogP contribution < -0.4 is 5.32 Å². The first-order chi connectivity index (χ1) is 11.2. The number of thiazole rings is 1. The Kier molecular flexibility index (Phi) is 3.20. The topological polar surface area (TPSA) is 81.2 Å². The van der Waals surface area contributed by atoms with E-state index < -0.39 is 0 Å². The first kappa shape index (κ1) is 13.7. The molecule has 6 nitrogen and oxygen atoms in total. The highest BCUT2D eigenvalue weighted by Gasteiger charge is 2.21. The Morgan fingerprint density at radius 3 is 2.87 bits per heavy atom. The summed E-state index contributed by atoms with van der Waals surface area (Å²) in [6, 6.07) is 11.2. The Balaban J connectivity index is 1.64. The lowest BCUT2D eigenvalue weighted by molar-refractivity contribution is 0.102. The van der Waals surface area contributed by atoms with Crippen molar-refractivity contribution in [3.63, 3.8) is 0 Å². The summed E-state index contributed by atoms with van der Waals surface area (Å²) in [5, 5.41) is 3.27. The van der Waals surface area contributed by atoms with Crippen molar-refractivity contribution in [2.24, 2.45) is 0 Å². The largest absolute Gasteiger partial charge is 0.458 e. The van der Waals surface area contributed by atoms with E-state index in [2.05, 4.69) is 15.3 Å². The Labute approximate surface area is 134 Å². The molecule has 0 saturated heterocycles. The van der Waals surface area contributed by atoms with E-state index in [9.17, 15) is 4.79 Å². The lowest BCUT2D eigenvalue weighted by Gasteiger charge is -1.99. The van der Waals surface area contributed by atoms with Crippen molar-refractivity contribution in [2.75, 3.05) is 5.32 Å². The Morgan fingerprint density at radius 2 is 2.09 bits per heavy atom. The third-order valence-electron chi connectivity index (χ3n) is 3.26. The summed E-state index contributed by atoms with van der Waals surface area (Å²) in [6.45, 7) is 1.82. The number of carbonyl (C=O) groups is 1. The molecule has 1 amide bonds. The van der Waals surface area contributed by atoms with Crippen LogP contribution in [-0.2, 0) is 0 Å². The van der Waals surface area contributed by atoms with Crippen molar-refractivity contribution in [1.82, 2.24) is 9.97 Å². The van der Waals surface area contributed by atoms with Crippen LogP contribution in [0.25, 0.3) is 21.7 Å². The molecule has 0 aliphatic rings. The molecule has 0 aliphatic heterocycles. The third kappa shape index (κ3) is 2.51. The molecular weight excluding hydrogens is 314 g/mol. The molecule has 1 N–H and O–H groups in total. The number of nitrogens with zero attached hydrogens (tertiary/aromatic N) is 2. The van der Waals surface area contributed by atoms with E-state index in [1.165, 1.54) is 17.7 Å². The predicted octanol–water partition coefficient (Wildman–Crippen LogP) is 4.11. The van der Waals surface area contributed by atoms with Crippen LogP contribution in [0.3, 0.4) is 0 Å². The molecule has 0 radical (unpaired) electrons. The van der Waals surface area contributed by atoms with Gasteiger partial charge in [-0.25, -0.2) is 9.97 Å². The molecule has 4 rings (SSSR count). The van der Waals surface area contributed by atoms with Gasteiger partial charge in [-0.15, -0.1) is 0 Å². The average molecular weight is 325 g/mol. The molecule has 0 unspecified atom stereocenters. The number of nitrogens with one attached hydrogen (secondary N) is 1. The lowest BCUT2D eigenvalue weighted by Crippen LogP contribution is -2.13. The first-order valence-corrected chi connectivity index (χ1v) is 7.69. The minimum Gasteiger partial charge on any atom is -0.458 e. The number of para-hydroxylation sites is 1. The van der Waals surface area contributed by atoms with Gasteiger partial charge in [-0.3, -0.25) is 10.1 Å². The normalized spacial score (nSPS) is 11.0. The van der Waals surface area contributed by atoms with Gasteiger partial charge in [0.1, 0.15) is 5.76 Å². The van der Waals surface area contributed by atoms with Crippen molar-refractivity contribution in [3.05, 3.63) is 54.2 Å². The van der Waals surface area contributed by atoms with Gasteiger partial charge >= 0.3 is 0 Å². The van der Waals surface area contributed by atoms with Crippen LogP contribution in [0.15, 0.2) is 51.6 Å². The van der Waals surface area contributed by atoms with Gasteiger partial charge in [0, 0.05) is 0 Å². The molecule has 23 heavy (non-hydrogen) atoms. The summed E-state index contributed by atoms with van der Waals surface area (Å²) in [5.74, 6) is 1.11. The van der Waals surface area contributed by atoms with Crippen molar-refractivity contribution < 1.29 is 13.6 Å². The minimum atomic E-state index is -0.387. The van der Waals surface area contributed by atoms with Crippen LogP contribution in [0.1, 0.15) is 16.2 Å². The number of hydrogen-bond acceptors (Lipinski definition) is 6. The second-order valence-electron chi connectivity index (χ2n) is 4.88. The predicted molar refractivity (Wildman–Crippen MR) is 86.5 cm³/mol. The van der Waals surface area contributed by atoms with E-state index >= 15 is 0 Å². The van der Waals surface area contributed by atoms with E-state index in [0.29, 0.717) is 16.7 Å². The second-order valence-corrected chi connectivity index (χ2v) is 5.91. The van der Waals surface area contributed by atoms with Gasteiger partial charge in [-0.1, -0.05) is 23.5 Å². The van der Waals surface area contributed by atoms with Crippen molar-refractivity contribution in [3.8, 4) is 11.5 Å². The molecular formula is C16H11N3O3S. The van der Waals surface area contributed by atoms with E-state index in [4.69, 9.17) is 8.83 Å². The highest BCUT2D eigenvalue weighted by atomic mass is 32.1. The quantitative estimate of drug-likeness (QED) is 0.613. The maximum atomic E-state index is 12.4. The molecule has 114 valence electrons. The number of aromatic nitrogens is 2. The number of rotatable bonds is 3. The highest BCUT2D eigenvalue weighted by Crippen LogP contribution is 2.28. The number of fused-ring (bicyclic) bond motifs is 1. The summed E-state index contributed by atoms with van der Waals surface area (Å²) < 4.78 is 11.8. The van der Waals surface area contributed by atoms with Gasteiger partial charge in [0.05, 0.1) is 10.2 Å². The molecule has 3 aromatic heterocycles. The highest BCUT2D eigenvalue weighted by molar-refractivity contribution is 7.22. The maximum Gasteiger partial charge on any atom is 0.280 e. The molecule has 0 atom stereocenters. The van der Waals surface area contributed by atoms with Crippen LogP contribution in [-0.4, -0.2) is 15.9 Å². The first-order valence-electron chi connectivity index (χ1n) is 6.88. The Hall–Kier alpha value is -2.93. The molecule has 0 bridgehead atoms. The number of benzene rings is 1. The van der Waals surface area contributed by atoms with E-state index in [0.717, 1.165) is 16.0 Å². The number of furan rings is 1. The van der Waals surface area contributed by atoms with Gasteiger partial charge in [0.15, 0.2) is 23.0 Å². The molecule has 4 aromatic rings. The average Bonchev–Trinajstić information content (AvgIpc) is 3.24. The summed E-state index contributed by atoms with van der Waals surface area (Å²) in [5.41, 5.74) is 1.01. The zero-order valence-electron chi connectivity index (χ0n) is 12.1. The van der Waals surface area contributed by atoms with Gasteiger partial charge in [-0.2, -0.15) is 0 Å². The van der Waals surface area contributed by atoms with Gasteiger partial charge in [-0.05, 0) is 31.2 Å². The summed E-state index contributed by atoms with van der Waals surface area (Å²) in [6.07, 6.45) is 1.22. The Morgan fingerprint density at radius 1 is 1.22 bits per heavy atom. The number of oxazole rings is 1. The number of anilines is 1. The molecule has 3 heterocycles. The van der Waals surface area contributed by atoms with Crippen molar-refractivity contribution in [1.29, 1.82) is 0 Å². The van der Waals surface area contributed by atoms with Gasteiger partial charge in [0.2, 0.25) is 5.76 Å². The molecule has 0 saturated carbocycles. The molecule has 1 aromatic carbocycles. The summed E-state index contributed by atoms with van der Waals surface area (Å²) >= 11 is 1.40. The molecule has 0 fully saturated rings. The molecule has 0 aliphatic carbocycles. The SMILES string of the molecule is Cc1ccc(-c2ocnc2C(=O)Nc2nc3ccccc3s2)o1. The van der Waals surface area contributed by atoms with Crippen LogP contribution >= 0.6 is 11.3 Å². The number of aryl methyl sites for hydroxylation is 1. The maximum absolute atomic E-state index is 12.4. The zero-order chi connectivity index (χ0) is 15.8. The van der Waals surface area contributed by atoms with E-state index in [1.807, 2.05) is 31.2 Å². The molecule has 7 heteroatoms. The monoisotopic (exact) mass is 325 g/mol. The lowest BCUT2D eigenvalue weighted by atomic mass is 10.2. The zero-order valence-corrected chi connectivity index (χ0v) is 12.9. The van der Waals surface area contributed by atoms with E-state index in [-0.39, 0.29) is 11.6 Å². The smallest absolute Gasteiger partial charge is 0.280 e. The number of carbonyl (C=O) groups excluding carboxylic acids is 1. The fraction of sp³-hybridized carbons (Fsp3) is 0.0625. The van der Waals surface area contributed by atoms with Crippen molar-refractivity contribution in [2.45, 2.75) is 6.92 Å². The van der Waals surface area contributed by atoms with Gasteiger partial charge < -0.3 is 8.83 Å². The van der Waals surface area contributed by atoms with Crippen LogP contribution in [0.2, 0.25) is 0 Å². The van der Waals surface area contributed by atoms with Crippen molar-refractivity contribution >= 4 is 32.6 Å². The fourth-order valence-electron chi connectivity index (χ4n) is 2.22. The minimum absolute atomic E-state index is 0.165. The van der Waals surface area contributed by atoms with E-state index in [1.54, 1.807) is 12.1 Å². The summed E-state index contributed by atoms with van der Waals surface area (Å²) in [7, 11) is 0. The number of amides is 1. The Bertz CT molecular complexity index is 966. The van der Waals surface area contributed by atoms with Gasteiger partial charge in [0.25, 0.3) is 5.91 Å². The van der Waals surface area contributed by atoms with Crippen LogP contribution in [0, 0.1) is 6.92 Å².